The molecular weight excluding hydrogens is 461 g/mol. The summed E-state index contributed by atoms with van der Waals surface area (Å²) in [5.74, 6) is 1.02. The van der Waals surface area contributed by atoms with E-state index in [1.165, 1.54) is 11.3 Å². The molecular formula is C19H14IN3O2S. The van der Waals surface area contributed by atoms with E-state index >= 15 is 0 Å². The van der Waals surface area contributed by atoms with Gasteiger partial charge in [-0.2, -0.15) is 0 Å². The van der Waals surface area contributed by atoms with E-state index in [1.54, 1.807) is 12.3 Å². The number of nitrogens with zero attached hydrogens (tertiary/aromatic N) is 2. The van der Waals surface area contributed by atoms with Gasteiger partial charge in [0.1, 0.15) is 4.83 Å². The Labute approximate surface area is 167 Å². The highest BCUT2D eigenvalue weighted by Crippen LogP contribution is 2.33. The van der Waals surface area contributed by atoms with Crippen LogP contribution >= 0.6 is 33.9 Å². The first-order valence-electron chi connectivity index (χ1n) is 7.91. The molecule has 4 rings (SSSR count). The summed E-state index contributed by atoms with van der Waals surface area (Å²) in [6.07, 6.45) is 1.60. The molecule has 26 heavy (non-hydrogen) atoms. The standard InChI is InChI=1S/C19H14IN3O2S/c1-10-15-11(2)21-17(14-4-3-9-25-14)23-19(15)26-16(10)18(24)22-13-7-5-12(20)6-8-13/h3-9H,1-2H3,(H,22,24). The zero-order valence-electron chi connectivity index (χ0n) is 14.0. The van der Waals surface area contributed by atoms with Gasteiger partial charge in [0.2, 0.25) is 0 Å². The molecule has 0 saturated heterocycles. The first-order chi connectivity index (χ1) is 12.5. The molecule has 0 unspecified atom stereocenters. The Morgan fingerprint density at radius 3 is 2.62 bits per heavy atom. The first kappa shape index (κ1) is 17.2. The van der Waals surface area contributed by atoms with Crippen molar-refractivity contribution < 1.29 is 9.21 Å². The highest BCUT2D eigenvalue weighted by Gasteiger charge is 2.20. The molecule has 0 aliphatic rings. The summed E-state index contributed by atoms with van der Waals surface area (Å²) in [6.45, 7) is 3.86. The minimum absolute atomic E-state index is 0.134. The van der Waals surface area contributed by atoms with Gasteiger partial charge in [0.15, 0.2) is 11.6 Å². The number of nitrogens with one attached hydrogen (secondary N) is 1. The van der Waals surface area contributed by atoms with Gasteiger partial charge < -0.3 is 9.73 Å². The molecule has 0 radical (unpaired) electrons. The Bertz CT molecular complexity index is 1100. The number of aryl methyl sites for hydroxylation is 2. The average molecular weight is 475 g/mol. The Morgan fingerprint density at radius 2 is 1.92 bits per heavy atom. The minimum atomic E-state index is -0.134. The number of aromatic nitrogens is 2. The van der Waals surface area contributed by atoms with Crippen LogP contribution in [0.25, 0.3) is 21.8 Å². The molecule has 0 aliphatic carbocycles. The minimum Gasteiger partial charge on any atom is -0.461 e. The van der Waals surface area contributed by atoms with Gasteiger partial charge in [-0.3, -0.25) is 4.79 Å². The van der Waals surface area contributed by atoms with Crippen LogP contribution < -0.4 is 5.32 Å². The van der Waals surface area contributed by atoms with Crippen molar-refractivity contribution in [2.75, 3.05) is 5.32 Å². The van der Waals surface area contributed by atoms with Crippen LogP contribution in [0.2, 0.25) is 0 Å². The maximum atomic E-state index is 12.7. The topological polar surface area (TPSA) is 68.0 Å². The monoisotopic (exact) mass is 475 g/mol. The molecule has 5 nitrogen and oxygen atoms in total. The number of carbonyl (C=O) groups is 1. The Balaban J connectivity index is 1.73. The zero-order valence-corrected chi connectivity index (χ0v) is 17.0. The number of carbonyl (C=O) groups excluding carboxylic acids is 1. The fraction of sp³-hybridized carbons (Fsp3) is 0.105. The fourth-order valence-corrected chi connectivity index (χ4v) is 4.28. The smallest absolute Gasteiger partial charge is 0.266 e. The molecule has 4 aromatic rings. The number of anilines is 1. The summed E-state index contributed by atoms with van der Waals surface area (Å²) < 4.78 is 6.52. The lowest BCUT2D eigenvalue weighted by Crippen LogP contribution is -2.11. The average Bonchev–Trinajstić information content (AvgIpc) is 3.25. The molecule has 0 atom stereocenters. The Kier molecular flexibility index (Phi) is 4.49. The van der Waals surface area contributed by atoms with Gasteiger partial charge in [-0.25, -0.2) is 9.97 Å². The van der Waals surface area contributed by atoms with Crippen molar-refractivity contribution in [2.45, 2.75) is 13.8 Å². The Morgan fingerprint density at radius 1 is 1.15 bits per heavy atom. The Hall–Kier alpha value is -2.26. The molecule has 0 saturated carbocycles. The molecule has 3 heterocycles. The van der Waals surface area contributed by atoms with Gasteiger partial charge in [0.05, 0.1) is 16.8 Å². The lowest BCUT2D eigenvalue weighted by molar-refractivity contribution is 0.103. The predicted molar refractivity (Wildman–Crippen MR) is 112 cm³/mol. The third-order valence-electron chi connectivity index (χ3n) is 4.02. The highest BCUT2D eigenvalue weighted by atomic mass is 127. The number of hydrogen-bond acceptors (Lipinski definition) is 5. The maximum absolute atomic E-state index is 12.7. The van der Waals surface area contributed by atoms with Gasteiger partial charge in [0, 0.05) is 14.6 Å². The van der Waals surface area contributed by atoms with E-state index in [9.17, 15) is 4.79 Å². The number of rotatable bonds is 3. The molecule has 1 amide bonds. The van der Waals surface area contributed by atoms with Crippen LogP contribution in [0.3, 0.4) is 0 Å². The summed E-state index contributed by atoms with van der Waals surface area (Å²) in [7, 11) is 0. The summed E-state index contributed by atoms with van der Waals surface area (Å²) >= 11 is 3.61. The fourth-order valence-electron chi connectivity index (χ4n) is 2.79. The molecule has 130 valence electrons. The molecule has 0 spiro atoms. The normalized spacial score (nSPS) is 11.0. The number of fused-ring (bicyclic) bond motifs is 1. The van der Waals surface area contributed by atoms with Crippen molar-refractivity contribution in [3.63, 3.8) is 0 Å². The van der Waals surface area contributed by atoms with Crippen LogP contribution in [0.1, 0.15) is 20.9 Å². The largest absolute Gasteiger partial charge is 0.461 e. The third kappa shape index (κ3) is 3.12. The second-order valence-corrected chi connectivity index (χ2v) is 8.05. The predicted octanol–water partition coefficient (Wildman–Crippen LogP) is 5.43. The lowest BCUT2D eigenvalue weighted by Gasteiger charge is -2.04. The van der Waals surface area contributed by atoms with E-state index in [0.717, 1.165) is 30.7 Å². The molecule has 1 aromatic carbocycles. The van der Waals surface area contributed by atoms with Crippen molar-refractivity contribution >= 4 is 55.7 Å². The number of thiophene rings is 1. The molecule has 3 aromatic heterocycles. The van der Waals surface area contributed by atoms with Gasteiger partial charge >= 0.3 is 0 Å². The van der Waals surface area contributed by atoms with E-state index in [0.29, 0.717) is 16.5 Å². The maximum Gasteiger partial charge on any atom is 0.266 e. The van der Waals surface area contributed by atoms with Crippen LogP contribution in [0, 0.1) is 17.4 Å². The summed E-state index contributed by atoms with van der Waals surface area (Å²) in [5, 5.41) is 3.88. The third-order valence-corrected chi connectivity index (χ3v) is 5.92. The second kappa shape index (κ2) is 6.81. The van der Waals surface area contributed by atoms with Gasteiger partial charge in [-0.1, -0.05) is 0 Å². The van der Waals surface area contributed by atoms with Crippen LogP contribution in [0.4, 0.5) is 5.69 Å². The van der Waals surface area contributed by atoms with Crippen LogP contribution in [0.15, 0.2) is 47.1 Å². The van der Waals surface area contributed by atoms with E-state index < -0.39 is 0 Å². The molecule has 7 heteroatoms. The summed E-state index contributed by atoms with van der Waals surface area (Å²) in [5.41, 5.74) is 2.51. The van der Waals surface area contributed by atoms with Crippen molar-refractivity contribution in [3.05, 3.63) is 62.4 Å². The van der Waals surface area contributed by atoms with Crippen LogP contribution in [-0.4, -0.2) is 15.9 Å². The van der Waals surface area contributed by atoms with Crippen molar-refractivity contribution in [3.8, 4) is 11.6 Å². The van der Waals surface area contributed by atoms with Crippen molar-refractivity contribution in [1.82, 2.24) is 9.97 Å². The van der Waals surface area contributed by atoms with Gasteiger partial charge in [-0.15, -0.1) is 11.3 Å². The van der Waals surface area contributed by atoms with Gasteiger partial charge in [0.25, 0.3) is 5.91 Å². The number of amides is 1. The van der Waals surface area contributed by atoms with Crippen LogP contribution in [0.5, 0.6) is 0 Å². The second-order valence-electron chi connectivity index (χ2n) is 5.81. The van der Waals surface area contributed by atoms with Gasteiger partial charge in [-0.05, 0) is 78.4 Å². The molecule has 0 fully saturated rings. The lowest BCUT2D eigenvalue weighted by atomic mass is 10.1. The zero-order chi connectivity index (χ0) is 18.3. The van der Waals surface area contributed by atoms with Crippen molar-refractivity contribution in [1.29, 1.82) is 0 Å². The van der Waals surface area contributed by atoms with Crippen LogP contribution in [-0.2, 0) is 0 Å². The SMILES string of the molecule is Cc1nc(-c2ccco2)nc2sc(C(=O)Nc3ccc(I)cc3)c(C)c12. The van der Waals surface area contributed by atoms with E-state index in [4.69, 9.17) is 4.42 Å². The van der Waals surface area contributed by atoms with E-state index in [2.05, 4.69) is 37.9 Å². The van der Waals surface area contributed by atoms with E-state index in [-0.39, 0.29) is 5.91 Å². The first-order valence-corrected chi connectivity index (χ1v) is 9.81. The molecule has 1 N–H and O–H groups in total. The number of benzene rings is 1. The number of hydrogen-bond donors (Lipinski definition) is 1. The number of halogens is 1. The summed E-state index contributed by atoms with van der Waals surface area (Å²) in [4.78, 5) is 23.3. The number of furan rings is 1. The molecule has 0 aliphatic heterocycles. The summed E-state index contributed by atoms with van der Waals surface area (Å²) in [6, 6.07) is 11.3. The van der Waals surface area contributed by atoms with Crippen molar-refractivity contribution in [2.24, 2.45) is 0 Å². The highest BCUT2D eigenvalue weighted by molar-refractivity contribution is 14.1. The quantitative estimate of drug-likeness (QED) is 0.402. The van der Waals surface area contributed by atoms with E-state index in [1.807, 2.05) is 44.2 Å². The molecule has 0 bridgehead atoms.